The molecular weight excluding hydrogens is 348 g/mol. The van der Waals surface area contributed by atoms with Gasteiger partial charge in [0.25, 0.3) is 5.91 Å². The molecule has 3 N–H and O–H groups in total. The summed E-state index contributed by atoms with van der Waals surface area (Å²) < 4.78 is 6.19. The monoisotopic (exact) mass is 362 g/mol. The lowest BCUT2D eigenvalue weighted by Gasteiger charge is -2.28. The SMILES string of the molecule is O=C1N[C@H](c2ccc(OCCO)cc2Br)Nc2ccccc21. The number of anilines is 1. The highest BCUT2D eigenvalue weighted by Crippen LogP contribution is 2.32. The number of benzene rings is 2. The Bertz CT molecular complexity index is 706. The summed E-state index contributed by atoms with van der Waals surface area (Å²) in [4.78, 5) is 12.2. The second kappa shape index (κ2) is 6.37. The maximum atomic E-state index is 12.2. The van der Waals surface area contributed by atoms with Gasteiger partial charge in [-0.1, -0.05) is 34.1 Å². The number of hydrogen-bond donors (Lipinski definition) is 3. The van der Waals surface area contributed by atoms with Crippen LogP contribution in [-0.2, 0) is 0 Å². The number of ether oxygens (including phenoxy) is 1. The van der Waals surface area contributed by atoms with Crippen LogP contribution in [0.1, 0.15) is 22.1 Å². The van der Waals surface area contributed by atoms with Crippen LogP contribution in [0, 0.1) is 0 Å². The highest BCUT2D eigenvalue weighted by Gasteiger charge is 2.25. The number of halogens is 1. The third-order valence-corrected chi connectivity index (χ3v) is 4.08. The number of nitrogens with one attached hydrogen (secondary N) is 2. The predicted molar refractivity (Wildman–Crippen MR) is 87.0 cm³/mol. The molecule has 0 aromatic heterocycles. The highest BCUT2D eigenvalue weighted by atomic mass is 79.9. The first kappa shape index (κ1) is 14.9. The third kappa shape index (κ3) is 2.93. The van der Waals surface area contributed by atoms with E-state index in [1.54, 1.807) is 6.07 Å². The fourth-order valence-corrected chi connectivity index (χ4v) is 2.94. The molecule has 0 radical (unpaired) electrons. The largest absolute Gasteiger partial charge is 0.491 e. The van der Waals surface area contributed by atoms with E-state index in [2.05, 4.69) is 26.6 Å². The van der Waals surface area contributed by atoms with Gasteiger partial charge in [-0.3, -0.25) is 4.79 Å². The van der Waals surface area contributed by atoms with Crippen molar-refractivity contribution in [3.05, 3.63) is 58.1 Å². The minimum Gasteiger partial charge on any atom is -0.491 e. The summed E-state index contributed by atoms with van der Waals surface area (Å²) >= 11 is 3.50. The number of amides is 1. The summed E-state index contributed by atoms with van der Waals surface area (Å²) in [5, 5.41) is 15.0. The highest BCUT2D eigenvalue weighted by molar-refractivity contribution is 9.10. The van der Waals surface area contributed by atoms with Crippen molar-refractivity contribution in [1.82, 2.24) is 5.32 Å². The van der Waals surface area contributed by atoms with E-state index in [4.69, 9.17) is 9.84 Å². The van der Waals surface area contributed by atoms with E-state index in [0.717, 1.165) is 15.7 Å². The molecule has 1 aliphatic heterocycles. The summed E-state index contributed by atoms with van der Waals surface area (Å²) in [5.74, 6) is 0.555. The number of carbonyl (C=O) groups is 1. The van der Waals surface area contributed by atoms with Gasteiger partial charge in [-0.25, -0.2) is 0 Å². The standard InChI is InChI=1S/C16H15BrN2O3/c17-13-9-10(22-8-7-20)5-6-11(13)15-18-14-4-2-1-3-12(14)16(21)19-15/h1-6,9,15,18,20H,7-8H2,(H,19,21)/t15-/m1/s1. The Morgan fingerprint density at radius 1 is 1.18 bits per heavy atom. The molecule has 3 rings (SSSR count). The zero-order chi connectivity index (χ0) is 15.5. The molecule has 2 aromatic carbocycles. The van der Waals surface area contributed by atoms with Gasteiger partial charge in [0.2, 0.25) is 0 Å². The second-order valence-corrected chi connectivity index (χ2v) is 5.71. The summed E-state index contributed by atoms with van der Waals surface area (Å²) in [6, 6.07) is 12.9. The topological polar surface area (TPSA) is 70.6 Å². The second-order valence-electron chi connectivity index (χ2n) is 4.85. The molecule has 22 heavy (non-hydrogen) atoms. The van der Waals surface area contributed by atoms with Gasteiger partial charge in [-0.05, 0) is 24.3 Å². The Labute approximate surface area is 136 Å². The van der Waals surface area contributed by atoms with E-state index < -0.39 is 0 Å². The number of carbonyl (C=O) groups excluding carboxylic acids is 1. The Morgan fingerprint density at radius 3 is 2.77 bits per heavy atom. The van der Waals surface area contributed by atoms with Crippen molar-refractivity contribution in [2.75, 3.05) is 18.5 Å². The van der Waals surface area contributed by atoms with Crippen molar-refractivity contribution in [2.24, 2.45) is 0 Å². The van der Waals surface area contributed by atoms with Crippen LogP contribution in [-0.4, -0.2) is 24.2 Å². The van der Waals surface area contributed by atoms with Gasteiger partial charge in [-0.15, -0.1) is 0 Å². The van der Waals surface area contributed by atoms with Crippen LogP contribution < -0.4 is 15.4 Å². The first-order valence-corrected chi connectivity index (χ1v) is 7.68. The average molecular weight is 363 g/mol. The molecule has 0 saturated heterocycles. The van der Waals surface area contributed by atoms with E-state index in [9.17, 15) is 4.79 Å². The number of aliphatic hydroxyl groups excluding tert-OH is 1. The molecule has 1 amide bonds. The molecule has 0 bridgehead atoms. The zero-order valence-electron chi connectivity index (χ0n) is 11.7. The average Bonchev–Trinajstić information content (AvgIpc) is 2.53. The summed E-state index contributed by atoms with van der Waals surface area (Å²) in [6.07, 6.45) is -0.316. The Morgan fingerprint density at radius 2 is 2.00 bits per heavy atom. The molecule has 0 spiro atoms. The van der Waals surface area contributed by atoms with Crippen molar-refractivity contribution in [1.29, 1.82) is 0 Å². The van der Waals surface area contributed by atoms with Crippen LogP contribution in [0.3, 0.4) is 0 Å². The fourth-order valence-electron chi connectivity index (χ4n) is 2.36. The summed E-state index contributed by atoms with van der Waals surface area (Å²) in [7, 11) is 0. The minimum absolute atomic E-state index is 0.0314. The fraction of sp³-hybridized carbons (Fsp3) is 0.188. The smallest absolute Gasteiger partial charge is 0.255 e. The summed E-state index contributed by atoms with van der Waals surface area (Å²) in [6.45, 7) is 0.216. The molecule has 114 valence electrons. The van der Waals surface area contributed by atoms with Crippen molar-refractivity contribution in [3.63, 3.8) is 0 Å². The van der Waals surface area contributed by atoms with Gasteiger partial charge in [0.05, 0.1) is 12.2 Å². The molecule has 0 saturated carbocycles. The van der Waals surface area contributed by atoms with Crippen molar-refractivity contribution < 1.29 is 14.6 Å². The van der Waals surface area contributed by atoms with Crippen LogP contribution >= 0.6 is 15.9 Å². The van der Waals surface area contributed by atoms with Crippen LogP contribution in [0.4, 0.5) is 5.69 Å². The van der Waals surface area contributed by atoms with Crippen molar-refractivity contribution in [3.8, 4) is 5.75 Å². The first-order valence-electron chi connectivity index (χ1n) is 6.88. The van der Waals surface area contributed by atoms with Crippen LogP contribution in [0.2, 0.25) is 0 Å². The maximum Gasteiger partial charge on any atom is 0.255 e. The Hall–Kier alpha value is -2.05. The first-order chi connectivity index (χ1) is 10.7. The van der Waals surface area contributed by atoms with Crippen molar-refractivity contribution in [2.45, 2.75) is 6.17 Å². The lowest BCUT2D eigenvalue weighted by Crippen LogP contribution is -2.38. The number of para-hydroxylation sites is 1. The molecule has 0 unspecified atom stereocenters. The van der Waals surface area contributed by atoms with Crippen molar-refractivity contribution >= 4 is 27.5 Å². The Kier molecular flexibility index (Phi) is 4.31. The number of hydrogen-bond acceptors (Lipinski definition) is 4. The molecular formula is C16H15BrN2O3. The van der Waals surface area contributed by atoms with Crippen LogP contribution in [0.5, 0.6) is 5.75 Å². The number of aliphatic hydroxyl groups is 1. The predicted octanol–water partition coefficient (Wildman–Crippen LogP) is 2.67. The number of rotatable bonds is 4. The van der Waals surface area contributed by atoms with E-state index in [0.29, 0.717) is 11.3 Å². The molecule has 0 aliphatic carbocycles. The molecule has 1 heterocycles. The Balaban J connectivity index is 1.85. The molecule has 0 fully saturated rings. The van der Waals surface area contributed by atoms with Crippen LogP contribution in [0.25, 0.3) is 0 Å². The number of fused-ring (bicyclic) bond motifs is 1. The molecule has 2 aromatic rings. The molecule has 5 nitrogen and oxygen atoms in total. The summed E-state index contributed by atoms with van der Waals surface area (Å²) in [5.41, 5.74) is 2.35. The lowest BCUT2D eigenvalue weighted by molar-refractivity contribution is 0.0935. The third-order valence-electron chi connectivity index (χ3n) is 3.39. The van der Waals surface area contributed by atoms with Gasteiger partial charge in [0.1, 0.15) is 18.5 Å². The molecule has 1 atom stereocenters. The quantitative estimate of drug-likeness (QED) is 0.781. The van der Waals surface area contributed by atoms with Gasteiger partial charge in [0.15, 0.2) is 0 Å². The maximum absolute atomic E-state index is 12.2. The normalized spacial score (nSPS) is 16.5. The molecule has 6 heteroatoms. The van der Waals surface area contributed by atoms with E-state index >= 15 is 0 Å². The molecule has 1 aliphatic rings. The minimum atomic E-state index is -0.316. The van der Waals surface area contributed by atoms with E-state index in [1.165, 1.54) is 0 Å². The van der Waals surface area contributed by atoms with Gasteiger partial charge in [0, 0.05) is 15.7 Å². The van der Waals surface area contributed by atoms with Gasteiger partial charge >= 0.3 is 0 Å². The van der Waals surface area contributed by atoms with Gasteiger partial charge in [-0.2, -0.15) is 0 Å². The van der Waals surface area contributed by atoms with Gasteiger partial charge < -0.3 is 20.5 Å². The van der Waals surface area contributed by atoms with E-state index in [1.807, 2.05) is 36.4 Å². The van der Waals surface area contributed by atoms with E-state index in [-0.39, 0.29) is 25.3 Å². The zero-order valence-corrected chi connectivity index (χ0v) is 13.3. The van der Waals surface area contributed by atoms with Crippen LogP contribution in [0.15, 0.2) is 46.9 Å². The lowest BCUT2D eigenvalue weighted by atomic mass is 10.1.